The molecular formula is C18H21FN2O5S. The maximum Gasteiger partial charge on any atom is 0.241 e. The average Bonchev–Trinajstić information content (AvgIpc) is 2.66. The standard InChI is InChI=1S/C18H21FN2O5S/c1-25-15-5-8-17(26-2)13(11-15)9-10-20-18(22)12-21-27(23,24)16-6-3-14(19)4-7-16/h3-8,11,21H,9-10,12H2,1-2H3,(H,20,22). The Balaban J connectivity index is 1.85. The number of amides is 1. The number of carbonyl (C=O) groups is 1. The third-order valence-electron chi connectivity index (χ3n) is 3.75. The van der Waals surface area contributed by atoms with E-state index < -0.39 is 28.3 Å². The molecule has 0 aliphatic carbocycles. The van der Waals surface area contributed by atoms with Crippen LogP contribution in [-0.4, -0.2) is 41.6 Å². The number of carbonyl (C=O) groups excluding carboxylic acids is 1. The van der Waals surface area contributed by atoms with Crippen LogP contribution in [0.4, 0.5) is 4.39 Å². The molecule has 0 fully saturated rings. The van der Waals surface area contributed by atoms with E-state index in [0.717, 1.165) is 29.8 Å². The average molecular weight is 396 g/mol. The van der Waals surface area contributed by atoms with Gasteiger partial charge in [0.1, 0.15) is 17.3 Å². The molecule has 2 rings (SSSR count). The van der Waals surface area contributed by atoms with Gasteiger partial charge in [0.05, 0.1) is 25.7 Å². The Morgan fingerprint density at radius 2 is 1.78 bits per heavy atom. The number of methoxy groups -OCH3 is 2. The largest absolute Gasteiger partial charge is 0.497 e. The van der Waals surface area contributed by atoms with E-state index in [4.69, 9.17) is 9.47 Å². The summed E-state index contributed by atoms with van der Waals surface area (Å²) in [6, 6.07) is 9.68. The van der Waals surface area contributed by atoms with E-state index in [1.807, 2.05) is 6.07 Å². The second-order valence-corrected chi connectivity index (χ2v) is 7.32. The van der Waals surface area contributed by atoms with Crippen molar-refractivity contribution in [3.05, 3.63) is 53.8 Å². The van der Waals surface area contributed by atoms with Crippen LogP contribution in [0.15, 0.2) is 47.4 Å². The van der Waals surface area contributed by atoms with Crippen molar-refractivity contribution in [3.8, 4) is 11.5 Å². The van der Waals surface area contributed by atoms with E-state index in [0.29, 0.717) is 24.5 Å². The number of nitrogens with one attached hydrogen (secondary N) is 2. The lowest BCUT2D eigenvalue weighted by Crippen LogP contribution is -2.37. The van der Waals surface area contributed by atoms with Crippen molar-refractivity contribution in [2.24, 2.45) is 0 Å². The molecule has 27 heavy (non-hydrogen) atoms. The second-order valence-electron chi connectivity index (χ2n) is 5.56. The SMILES string of the molecule is COc1ccc(OC)c(CCNC(=O)CNS(=O)(=O)c2ccc(F)cc2)c1. The number of benzene rings is 2. The number of hydrogen-bond donors (Lipinski definition) is 2. The summed E-state index contributed by atoms with van der Waals surface area (Å²) in [5.41, 5.74) is 0.851. The fourth-order valence-electron chi connectivity index (χ4n) is 2.33. The first-order chi connectivity index (χ1) is 12.9. The fourth-order valence-corrected chi connectivity index (χ4v) is 3.32. The van der Waals surface area contributed by atoms with Gasteiger partial charge < -0.3 is 14.8 Å². The first kappa shape index (κ1) is 20.7. The molecule has 0 spiro atoms. The molecule has 0 bridgehead atoms. The van der Waals surface area contributed by atoms with Crippen LogP contribution in [0.2, 0.25) is 0 Å². The molecule has 0 saturated carbocycles. The summed E-state index contributed by atoms with van der Waals surface area (Å²) in [5, 5.41) is 2.63. The van der Waals surface area contributed by atoms with Gasteiger partial charge in [0.25, 0.3) is 0 Å². The molecule has 0 aromatic heterocycles. The summed E-state index contributed by atoms with van der Waals surface area (Å²) in [6.45, 7) is -0.129. The zero-order chi connectivity index (χ0) is 19.9. The van der Waals surface area contributed by atoms with Crippen LogP contribution in [0.25, 0.3) is 0 Å². The van der Waals surface area contributed by atoms with Crippen molar-refractivity contribution in [3.63, 3.8) is 0 Å². The molecule has 0 aliphatic rings. The highest BCUT2D eigenvalue weighted by atomic mass is 32.2. The van der Waals surface area contributed by atoms with E-state index in [2.05, 4.69) is 10.0 Å². The molecule has 0 heterocycles. The molecule has 9 heteroatoms. The van der Waals surface area contributed by atoms with Crippen LogP contribution in [-0.2, 0) is 21.2 Å². The Morgan fingerprint density at radius 3 is 2.41 bits per heavy atom. The van der Waals surface area contributed by atoms with Crippen molar-refractivity contribution < 1.29 is 27.1 Å². The highest BCUT2D eigenvalue weighted by molar-refractivity contribution is 7.89. The number of rotatable bonds is 9. The summed E-state index contributed by atoms with van der Waals surface area (Å²) >= 11 is 0. The van der Waals surface area contributed by atoms with E-state index in [-0.39, 0.29) is 4.90 Å². The normalized spacial score (nSPS) is 11.1. The number of halogens is 1. The highest BCUT2D eigenvalue weighted by Gasteiger charge is 2.15. The fraction of sp³-hybridized carbons (Fsp3) is 0.278. The Labute approximate surface area is 157 Å². The van der Waals surface area contributed by atoms with E-state index in [9.17, 15) is 17.6 Å². The number of hydrogen-bond acceptors (Lipinski definition) is 5. The number of ether oxygens (including phenoxy) is 2. The predicted molar refractivity (Wildman–Crippen MR) is 97.8 cm³/mol. The lowest BCUT2D eigenvalue weighted by molar-refractivity contribution is -0.119. The van der Waals surface area contributed by atoms with Gasteiger partial charge >= 0.3 is 0 Å². The minimum Gasteiger partial charge on any atom is -0.497 e. The lowest BCUT2D eigenvalue weighted by atomic mass is 10.1. The highest BCUT2D eigenvalue weighted by Crippen LogP contribution is 2.24. The second kappa shape index (κ2) is 9.33. The Hall–Kier alpha value is -2.65. The zero-order valence-electron chi connectivity index (χ0n) is 15.0. The van der Waals surface area contributed by atoms with Crippen LogP contribution < -0.4 is 19.5 Å². The Bertz CT molecular complexity index is 885. The van der Waals surface area contributed by atoms with Gasteiger partial charge in [-0.05, 0) is 54.4 Å². The first-order valence-electron chi connectivity index (χ1n) is 8.08. The molecule has 0 atom stereocenters. The summed E-state index contributed by atoms with van der Waals surface area (Å²) in [6.07, 6.45) is 0.483. The van der Waals surface area contributed by atoms with E-state index in [1.165, 1.54) is 0 Å². The topological polar surface area (TPSA) is 93.7 Å². The van der Waals surface area contributed by atoms with Crippen LogP contribution in [0.3, 0.4) is 0 Å². The van der Waals surface area contributed by atoms with Gasteiger partial charge in [0.2, 0.25) is 15.9 Å². The zero-order valence-corrected chi connectivity index (χ0v) is 15.8. The van der Waals surface area contributed by atoms with Crippen molar-refractivity contribution >= 4 is 15.9 Å². The molecule has 146 valence electrons. The predicted octanol–water partition coefficient (Wildman–Crippen LogP) is 1.48. The molecular weight excluding hydrogens is 375 g/mol. The summed E-state index contributed by atoms with van der Waals surface area (Å²) in [7, 11) is -0.777. The van der Waals surface area contributed by atoms with Gasteiger partial charge in [-0.15, -0.1) is 0 Å². The quantitative estimate of drug-likeness (QED) is 0.670. The number of sulfonamides is 1. The molecule has 0 unspecified atom stereocenters. The van der Waals surface area contributed by atoms with Crippen molar-refractivity contribution in [1.29, 1.82) is 0 Å². The molecule has 0 saturated heterocycles. The van der Waals surface area contributed by atoms with Crippen molar-refractivity contribution in [1.82, 2.24) is 10.0 Å². The molecule has 7 nitrogen and oxygen atoms in total. The minimum absolute atomic E-state index is 0.113. The van der Waals surface area contributed by atoms with E-state index >= 15 is 0 Å². The van der Waals surface area contributed by atoms with Gasteiger partial charge in [-0.25, -0.2) is 17.5 Å². The smallest absolute Gasteiger partial charge is 0.241 e. The van der Waals surface area contributed by atoms with Crippen LogP contribution >= 0.6 is 0 Å². The summed E-state index contributed by atoms with van der Waals surface area (Å²) in [4.78, 5) is 11.8. The summed E-state index contributed by atoms with van der Waals surface area (Å²) < 4.78 is 49.6. The van der Waals surface area contributed by atoms with Gasteiger partial charge in [0.15, 0.2) is 0 Å². The van der Waals surface area contributed by atoms with Crippen molar-refractivity contribution in [2.45, 2.75) is 11.3 Å². The Morgan fingerprint density at radius 1 is 1.07 bits per heavy atom. The summed E-state index contributed by atoms with van der Waals surface area (Å²) in [5.74, 6) is 0.313. The minimum atomic E-state index is -3.88. The first-order valence-corrected chi connectivity index (χ1v) is 9.57. The molecule has 0 aliphatic heterocycles. The Kier molecular flexibility index (Phi) is 7.14. The molecule has 2 N–H and O–H groups in total. The molecule has 2 aromatic carbocycles. The van der Waals surface area contributed by atoms with Gasteiger partial charge in [-0.2, -0.15) is 0 Å². The van der Waals surface area contributed by atoms with E-state index in [1.54, 1.807) is 26.4 Å². The van der Waals surface area contributed by atoms with Crippen LogP contribution in [0, 0.1) is 5.82 Å². The maximum atomic E-state index is 12.9. The molecule has 2 aromatic rings. The van der Waals surface area contributed by atoms with Gasteiger partial charge in [-0.3, -0.25) is 4.79 Å². The van der Waals surface area contributed by atoms with Gasteiger partial charge in [-0.1, -0.05) is 0 Å². The van der Waals surface area contributed by atoms with Gasteiger partial charge in [0, 0.05) is 6.54 Å². The molecule has 0 radical (unpaired) electrons. The monoisotopic (exact) mass is 396 g/mol. The van der Waals surface area contributed by atoms with Crippen molar-refractivity contribution in [2.75, 3.05) is 27.3 Å². The molecule has 1 amide bonds. The third-order valence-corrected chi connectivity index (χ3v) is 5.17. The van der Waals surface area contributed by atoms with Crippen LogP contribution in [0.1, 0.15) is 5.56 Å². The lowest BCUT2D eigenvalue weighted by Gasteiger charge is -2.11. The van der Waals surface area contributed by atoms with Crippen LogP contribution in [0.5, 0.6) is 11.5 Å². The maximum absolute atomic E-state index is 12.9. The third kappa shape index (κ3) is 5.93.